The molecule has 4 rings (SSSR count). The molecule has 2 heterocycles. The molecule has 0 amide bonds. The van der Waals surface area contributed by atoms with Crippen molar-refractivity contribution >= 4 is 27.6 Å². The number of nitrogen functional groups attached to an aromatic ring is 1. The lowest BCUT2D eigenvalue weighted by Gasteiger charge is -2.39. The third-order valence-electron chi connectivity index (χ3n) is 5.54. The highest BCUT2D eigenvalue weighted by Crippen LogP contribution is 2.45. The molecule has 1 saturated heterocycles. The standard InChI is InChI=1S/C18H21ClN4O3S/c1-26-14-4-3-13(19)9-15(14)27(24,25)23-8-2-6-18(11-23)7-5-12-10-21-17(20)22-16(12)18/h3-4,9-10H,2,5-8,11H2,1H3,(H2,20,21,22). The maximum absolute atomic E-state index is 13.4. The van der Waals surface area contributed by atoms with E-state index in [0.29, 0.717) is 18.1 Å². The fourth-order valence-corrected chi connectivity index (χ4v) is 6.22. The zero-order valence-electron chi connectivity index (χ0n) is 15.0. The van der Waals surface area contributed by atoms with Crippen molar-refractivity contribution < 1.29 is 13.2 Å². The number of sulfonamides is 1. The van der Waals surface area contributed by atoms with Crippen LogP contribution in [-0.4, -0.2) is 42.9 Å². The normalized spacial score (nSPS) is 22.7. The Hall–Kier alpha value is -1.90. The maximum Gasteiger partial charge on any atom is 0.246 e. The summed E-state index contributed by atoms with van der Waals surface area (Å²) < 4.78 is 33.5. The van der Waals surface area contributed by atoms with Gasteiger partial charge in [0.1, 0.15) is 10.6 Å². The van der Waals surface area contributed by atoms with Crippen LogP contribution in [0.1, 0.15) is 30.5 Å². The van der Waals surface area contributed by atoms with Gasteiger partial charge in [0.25, 0.3) is 0 Å². The predicted molar refractivity (Wildman–Crippen MR) is 102 cm³/mol. The van der Waals surface area contributed by atoms with Crippen molar-refractivity contribution in [1.29, 1.82) is 0 Å². The lowest BCUT2D eigenvalue weighted by atomic mass is 9.78. The first-order valence-electron chi connectivity index (χ1n) is 8.81. The van der Waals surface area contributed by atoms with E-state index in [-0.39, 0.29) is 22.0 Å². The average molecular weight is 409 g/mol. The van der Waals surface area contributed by atoms with Crippen molar-refractivity contribution in [3.05, 3.63) is 40.7 Å². The van der Waals surface area contributed by atoms with Gasteiger partial charge in [-0.15, -0.1) is 0 Å². The Bertz CT molecular complexity index is 994. The molecule has 1 aromatic heterocycles. The first kappa shape index (κ1) is 18.5. The Balaban J connectivity index is 1.73. The van der Waals surface area contributed by atoms with Gasteiger partial charge in [-0.05, 0) is 49.4 Å². The molecule has 0 radical (unpaired) electrons. The van der Waals surface area contributed by atoms with Gasteiger partial charge in [0, 0.05) is 29.7 Å². The number of rotatable bonds is 3. The monoisotopic (exact) mass is 408 g/mol. The Morgan fingerprint density at radius 1 is 1.33 bits per heavy atom. The highest BCUT2D eigenvalue weighted by atomic mass is 35.5. The van der Waals surface area contributed by atoms with E-state index < -0.39 is 10.0 Å². The van der Waals surface area contributed by atoms with Gasteiger partial charge in [0.05, 0.1) is 12.8 Å². The van der Waals surface area contributed by atoms with Crippen molar-refractivity contribution in [2.24, 2.45) is 0 Å². The molecular formula is C18H21ClN4O3S. The number of hydrogen-bond acceptors (Lipinski definition) is 6. The summed E-state index contributed by atoms with van der Waals surface area (Å²) >= 11 is 6.05. The van der Waals surface area contributed by atoms with Gasteiger partial charge in [-0.2, -0.15) is 4.31 Å². The minimum atomic E-state index is -3.75. The number of nitrogens with zero attached hydrogens (tertiary/aromatic N) is 3. The van der Waals surface area contributed by atoms with Crippen LogP contribution in [0, 0.1) is 0 Å². The molecule has 1 atom stereocenters. The maximum atomic E-state index is 13.4. The molecule has 1 aliphatic carbocycles. The van der Waals surface area contributed by atoms with E-state index >= 15 is 0 Å². The number of nitrogens with two attached hydrogens (primary N) is 1. The SMILES string of the molecule is COc1ccc(Cl)cc1S(=O)(=O)N1CCCC2(CCc3cnc(N)nc32)C1. The molecule has 0 bridgehead atoms. The van der Waals surface area contributed by atoms with Gasteiger partial charge >= 0.3 is 0 Å². The van der Waals surface area contributed by atoms with E-state index in [1.807, 2.05) is 0 Å². The van der Waals surface area contributed by atoms with Crippen LogP contribution in [0.15, 0.2) is 29.3 Å². The summed E-state index contributed by atoms with van der Waals surface area (Å²) in [7, 11) is -2.30. The van der Waals surface area contributed by atoms with Crippen LogP contribution < -0.4 is 10.5 Å². The average Bonchev–Trinajstić information content (AvgIpc) is 2.99. The Labute approximate surface area is 163 Å². The summed E-state index contributed by atoms with van der Waals surface area (Å²) in [6, 6.07) is 4.64. The van der Waals surface area contributed by atoms with Crippen molar-refractivity contribution in [3.8, 4) is 5.75 Å². The molecule has 1 aromatic carbocycles. The molecule has 7 nitrogen and oxygen atoms in total. The molecular weight excluding hydrogens is 388 g/mol. The molecule has 2 aliphatic rings. The quantitative estimate of drug-likeness (QED) is 0.837. The van der Waals surface area contributed by atoms with Crippen LogP contribution in [0.3, 0.4) is 0 Å². The van der Waals surface area contributed by atoms with E-state index in [4.69, 9.17) is 22.1 Å². The fraction of sp³-hybridized carbons (Fsp3) is 0.444. The summed E-state index contributed by atoms with van der Waals surface area (Å²) in [4.78, 5) is 8.64. The van der Waals surface area contributed by atoms with Crippen molar-refractivity contribution in [2.45, 2.75) is 36.0 Å². The summed E-state index contributed by atoms with van der Waals surface area (Å²) in [5.41, 5.74) is 7.44. The molecule has 27 heavy (non-hydrogen) atoms. The first-order chi connectivity index (χ1) is 12.9. The van der Waals surface area contributed by atoms with Crippen molar-refractivity contribution in [1.82, 2.24) is 14.3 Å². The Morgan fingerprint density at radius 2 is 2.15 bits per heavy atom. The summed E-state index contributed by atoms with van der Waals surface area (Å²) in [6.07, 6.45) is 5.09. The number of hydrogen-bond donors (Lipinski definition) is 1. The number of methoxy groups -OCH3 is 1. The van der Waals surface area contributed by atoms with Gasteiger partial charge in [0.2, 0.25) is 16.0 Å². The Kier molecular flexibility index (Phi) is 4.52. The van der Waals surface area contributed by atoms with Crippen LogP contribution in [0.2, 0.25) is 5.02 Å². The number of ether oxygens (including phenoxy) is 1. The first-order valence-corrected chi connectivity index (χ1v) is 10.6. The summed E-state index contributed by atoms with van der Waals surface area (Å²) in [5, 5.41) is 0.354. The van der Waals surface area contributed by atoms with Crippen LogP contribution in [0.4, 0.5) is 5.95 Å². The van der Waals surface area contributed by atoms with Gasteiger partial charge in [-0.1, -0.05) is 11.6 Å². The predicted octanol–water partition coefficient (Wildman–Crippen LogP) is 2.39. The third-order valence-corrected chi connectivity index (χ3v) is 7.65. The van der Waals surface area contributed by atoms with E-state index in [0.717, 1.165) is 36.9 Å². The molecule has 1 spiro atoms. The number of benzene rings is 1. The van der Waals surface area contributed by atoms with E-state index in [1.165, 1.54) is 17.5 Å². The lowest BCUT2D eigenvalue weighted by molar-refractivity contribution is 0.219. The Morgan fingerprint density at radius 3 is 2.93 bits per heavy atom. The smallest absolute Gasteiger partial charge is 0.246 e. The topological polar surface area (TPSA) is 98.4 Å². The molecule has 9 heteroatoms. The minimum Gasteiger partial charge on any atom is -0.495 e. The van der Waals surface area contributed by atoms with Gasteiger partial charge in [0.15, 0.2) is 0 Å². The minimum absolute atomic E-state index is 0.0926. The molecule has 2 aromatic rings. The third kappa shape index (κ3) is 3.05. The molecule has 1 fully saturated rings. The van der Waals surface area contributed by atoms with Crippen LogP contribution in [-0.2, 0) is 21.9 Å². The van der Waals surface area contributed by atoms with Gasteiger partial charge in [-0.25, -0.2) is 18.4 Å². The second kappa shape index (κ2) is 6.61. The van der Waals surface area contributed by atoms with E-state index in [1.54, 1.807) is 18.3 Å². The molecule has 2 N–H and O–H groups in total. The highest BCUT2D eigenvalue weighted by molar-refractivity contribution is 7.89. The number of aryl methyl sites for hydroxylation is 1. The molecule has 1 aliphatic heterocycles. The van der Waals surface area contributed by atoms with Crippen LogP contribution in [0.25, 0.3) is 0 Å². The molecule has 0 saturated carbocycles. The highest BCUT2D eigenvalue weighted by Gasteiger charge is 2.46. The van der Waals surface area contributed by atoms with Gasteiger partial charge in [-0.3, -0.25) is 0 Å². The number of anilines is 1. The second-order valence-corrected chi connectivity index (χ2v) is 9.46. The second-order valence-electron chi connectivity index (χ2n) is 7.12. The summed E-state index contributed by atoms with van der Waals surface area (Å²) in [5.74, 6) is 0.518. The van der Waals surface area contributed by atoms with Crippen molar-refractivity contribution in [3.63, 3.8) is 0 Å². The van der Waals surface area contributed by atoms with Crippen molar-refractivity contribution in [2.75, 3.05) is 25.9 Å². The van der Waals surface area contributed by atoms with E-state index in [9.17, 15) is 8.42 Å². The largest absolute Gasteiger partial charge is 0.495 e. The van der Waals surface area contributed by atoms with Gasteiger partial charge < -0.3 is 10.5 Å². The molecule has 144 valence electrons. The molecule has 1 unspecified atom stereocenters. The number of piperidine rings is 1. The van der Waals surface area contributed by atoms with Crippen LogP contribution in [0.5, 0.6) is 5.75 Å². The van der Waals surface area contributed by atoms with Crippen LogP contribution >= 0.6 is 11.6 Å². The number of fused-ring (bicyclic) bond motifs is 2. The summed E-state index contributed by atoms with van der Waals surface area (Å²) in [6.45, 7) is 0.824. The number of halogens is 1. The zero-order chi connectivity index (χ0) is 19.2. The lowest BCUT2D eigenvalue weighted by Crippen LogP contribution is -2.47. The fourth-order valence-electron chi connectivity index (χ4n) is 4.24. The number of aromatic nitrogens is 2. The van der Waals surface area contributed by atoms with E-state index in [2.05, 4.69) is 9.97 Å². The zero-order valence-corrected chi connectivity index (χ0v) is 16.6.